The summed E-state index contributed by atoms with van der Waals surface area (Å²) in [5.41, 5.74) is 2.98. The number of thioether (sulfide) groups is 2. The molecule has 0 radical (unpaired) electrons. The molecule has 0 saturated heterocycles. The monoisotopic (exact) mass is 603 g/mol. The van der Waals surface area contributed by atoms with E-state index in [4.69, 9.17) is 0 Å². The maximum atomic E-state index is 13.3. The quantitative estimate of drug-likeness (QED) is 0.133. The van der Waals surface area contributed by atoms with Gasteiger partial charge in [0.05, 0.1) is 5.25 Å². The third-order valence-corrected chi connectivity index (χ3v) is 8.21. The third kappa shape index (κ3) is 9.04. The minimum absolute atomic E-state index is 0.114. The summed E-state index contributed by atoms with van der Waals surface area (Å²) in [6, 6.07) is 23.5. The van der Waals surface area contributed by atoms with E-state index in [0.29, 0.717) is 21.5 Å². The maximum absolute atomic E-state index is 13.3. The number of anilines is 2. The van der Waals surface area contributed by atoms with Crippen molar-refractivity contribution in [3.05, 3.63) is 101 Å². The number of aromatic nitrogens is 2. The second-order valence-electron chi connectivity index (χ2n) is 8.83. The molecule has 0 aliphatic heterocycles. The zero-order valence-corrected chi connectivity index (χ0v) is 25.2. The highest BCUT2D eigenvalue weighted by molar-refractivity contribution is 8.00. The van der Waals surface area contributed by atoms with Crippen molar-refractivity contribution in [1.82, 2.24) is 14.7 Å². The standard InChI is InChI=1S/C30H29N5O3S3/c1-4-39-30-34-29(41-35-30)33-26(36)20(3)40-24-16-14-23(15-17-24)31-28(38)25(18-21-12-10-19(2)11-13-21)32-27(37)22-8-6-5-7-9-22/h5-18,20H,4H2,1-3H3,(H,31,38)(H,32,37)(H,33,34,35,36)/b25-18-. The van der Waals surface area contributed by atoms with Crippen LogP contribution in [0.25, 0.3) is 6.08 Å². The maximum Gasteiger partial charge on any atom is 0.272 e. The van der Waals surface area contributed by atoms with Crippen molar-refractivity contribution in [3.63, 3.8) is 0 Å². The molecular formula is C30H29N5O3S3. The number of benzene rings is 3. The Morgan fingerprint density at radius 1 is 0.951 bits per heavy atom. The van der Waals surface area contributed by atoms with Gasteiger partial charge in [-0.25, -0.2) is 0 Å². The van der Waals surface area contributed by atoms with Crippen molar-refractivity contribution in [2.45, 2.75) is 36.1 Å². The van der Waals surface area contributed by atoms with Gasteiger partial charge in [-0.3, -0.25) is 19.7 Å². The number of aryl methyl sites for hydroxylation is 1. The summed E-state index contributed by atoms with van der Waals surface area (Å²) in [6.45, 7) is 5.81. The minimum Gasteiger partial charge on any atom is -0.321 e. The molecule has 0 aliphatic rings. The van der Waals surface area contributed by atoms with Crippen LogP contribution in [0.4, 0.5) is 10.8 Å². The molecule has 3 aromatic carbocycles. The zero-order chi connectivity index (χ0) is 29.2. The first-order chi connectivity index (χ1) is 19.8. The van der Waals surface area contributed by atoms with Crippen LogP contribution >= 0.6 is 35.1 Å². The Morgan fingerprint density at radius 3 is 2.34 bits per heavy atom. The molecular weight excluding hydrogens is 575 g/mol. The van der Waals surface area contributed by atoms with Crippen LogP contribution in [0.3, 0.4) is 0 Å². The Bertz CT molecular complexity index is 1520. The lowest BCUT2D eigenvalue weighted by Gasteiger charge is -2.13. The molecule has 1 aromatic heterocycles. The van der Waals surface area contributed by atoms with Gasteiger partial charge in [-0.1, -0.05) is 66.7 Å². The van der Waals surface area contributed by atoms with Crippen molar-refractivity contribution < 1.29 is 14.4 Å². The Labute approximate surface area is 251 Å². The number of hydrogen-bond donors (Lipinski definition) is 3. The van der Waals surface area contributed by atoms with Crippen LogP contribution in [0.1, 0.15) is 35.3 Å². The number of carbonyl (C=O) groups excluding carboxylic acids is 3. The molecule has 0 saturated carbocycles. The molecule has 41 heavy (non-hydrogen) atoms. The fraction of sp³-hybridized carbons (Fsp3) is 0.167. The predicted octanol–water partition coefficient (Wildman–Crippen LogP) is 6.49. The zero-order valence-electron chi connectivity index (χ0n) is 22.7. The second kappa shape index (κ2) is 14.6. The SMILES string of the molecule is CCSc1nsc(NC(=O)C(C)Sc2ccc(NC(=O)/C(=C/c3ccc(C)cc3)NC(=O)c3ccccc3)cc2)n1. The molecule has 0 bridgehead atoms. The molecule has 8 nitrogen and oxygen atoms in total. The minimum atomic E-state index is -0.458. The summed E-state index contributed by atoms with van der Waals surface area (Å²) < 4.78 is 4.22. The van der Waals surface area contributed by atoms with Gasteiger partial charge in [-0.15, -0.1) is 11.8 Å². The highest BCUT2D eigenvalue weighted by atomic mass is 32.2. The van der Waals surface area contributed by atoms with Gasteiger partial charge in [0.2, 0.25) is 16.2 Å². The Morgan fingerprint density at radius 2 is 1.66 bits per heavy atom. The van der Waals surface area contributed by atoms with Gasteiger partial charge in [0.15, 0.2) is 0 Å². The molecule has 0 fully saturated rings. The van der Waals surface area contributed by atoms with Crippen molar-refractivity contribution in [1.29, 1.82) is 0 Å². The van der Waals surface area contributed by atoms with Gasteiger partial charge in [0.25, 0.3) is 11.8 Å². The summed E-state index contributed by atoms with van der Waals surface area (Å²) in [5.74, 6) is -0.149. The Hall–Kier alpha value is -3.93. The molecule has 1 atom stereocenters. The number of hydrogen-bond acceptors (Lipinski definition) is 8. The van der Waals surface area contributed by atoms with Gasteiger partial charge in [-0.2, -0.15) is 9.36 Å². The average molecular weight is 604 g/mol. The van der Waals surface area contributed by atoms with Gasteiger partial charge in [0, 0.05) is 27.7 Å². The molecule has 4 aromatic rings. The van der Waals surface area contributed by atoms with Gasteiger partial charge < -0.3 is 10.6 Å². The summed E-state index contributed by atoms with van der Waals surface area (Å²) in [6.07, 6.45) is 1.64. The molecule has 11 heteroatoms. The van der Waals surface area contributed by atoms with E-state index in [9.17, 15) is 14.4 Å². The summed E-state index contributed by atoms with van der Waals surface area (Å²) in [5, 5.41) is 9.17. The lowest BCUT2D eigenvalue weighted by atomic mass is 10.1. The van der Waals surface area contributed by atoms with Crippen molar-refractivity contribution >= 4 is 69.7 Å². The smallest absolute Gasteiger partial charge is 0.272 e. The number of amides is 3. The van der Waals surface area contributed by atoms with Crippen LogP contribution in [0.5, 0.6) is 0 Å². The average Bonchev–Trinajstić information content (AvgIpc) is 3.42. The Balaban J connectivity index is 1.40. The van der Waals surface area contributed by atoms with Crippen LogP contribution in [0.15, 0.2) is 94.6 Å². The van der Waals surface area contributed by atoms with Crippen molar-refractivity contribution in [2.75, 3.05) is 16.4 Å². The molecule has 0 spiro atoms. The van der Waals surface area contributed by atoms with E-state index >= 15 is 0 Å². The normalized spacial score (nSPS) is 11.9. The summed E-state index contributed by atoms with van der Waals surface area (Å²) in [7, 11) is 0. The van der Waals surface area contributed by atoms with Crippen LogP contribution < -0.4 is 16.0 Å². The van der Waals surface area contributed by atoms with Crippen LogP contribution in [-0.2, 0) is 9.59 Å². The van der Waals surface area contributed by atoms with Gasteiger partial charge in [0.1, 0.15) is 5.70 Å². The van der Waals surface area contributed by atoms with Crippen LogP contribution in [-0.4, -0.2) is 38.1 Å². The lowest BCUT2D eigenvalue weighted by Crippen LogP contribution is -2.30. The van der Waals surface area contributed by atoms with E-state index in [2.05, 4.69) is 25.3 Å². The first-order valence-corrected chi connectivity index (χ1v) is 15.4. The van der Waals surface area contributed by atoms with Gasteiger partial charge in [-0.05, 0) is 67.6 Å². The van der Waals surface area contributed by atoms with E-state index in [1.165, 1.54) is 23.5 Å². The van der Waals surface area contributed by atoms with Crippen LogP contribution in [0.2, 0.25) is 0 Å². The topological polar surface area (TPSA) is 113 Å². The fourth-order valence-corrected chi connectivity index (χ4v) is 5.64. The van der Waals surface area contributed by atoms with Crippen LogP contribution in [0, 0.1) is 6.92 Å². The number of rotatable bonds is 11. The number of carbonyl (C=O) groups is 3. The molecule has 1 unspecified atom stereocenters. The first kappa shape index (κ1) is 30.0. The van der Waals surface area contributed by atoms with E-state index in [1.807, 2.05) is 63.2 Å². The van der Waals surface area contributed by atoms with E-state index < -0.39 is 5.91 Å². The highest BCUT2D eigenvalue weighted by Gasteiger charge is 2.18. The lowest BCUT2D eigenvalue weighted by molar-refractivity contribution is -0.115. The largest absolute Gasteiger partial charge is 0.321 e. The molecule has 1 heterocycles. The predicted molar refractivity (Wildman–Crippen MR) is 168 cm³/mol. The van der Waals surface area contributed by atoms with Crippen molar-refractivity contribution in [3.8, 4) is 0 Å². The van der Waals surface area contributed by atoms with E-state index in [0.717, 1.165) is 33.3 Å². The Kier molecular flexibility index (Phi) is 10.7. The molecule has 210 valence electrons. The first-order valence-electron chi connectivity index (χ1n) is 12.8. The van der Waals surface area contributed by atoms with E-state index in [-0.39, 0.29) is 22.8 Å². The molecule has 4 rings (SSSR count). The molecule has 3 amide bonds. The third-order valence-electron chi connectivity index (χ3n) is 5.62. The van der Waals surface area contributed by atoms with Gasteiger partial charge >= 0.3 is 0 Å². The van der Waals surface area contributed by atoms with E-state index in [1.54, 1.807) is 42.5 Å². The fourth-order valence-electron chi connectivity index (χ4n) is 3.50. The summed E-state index contributed by atoms with van der Waals surface area (Å²) >= 11 is 4.07. The number of nitrogens with zero attached hydrogens (tertiary/aromatic N) is 2. The highest BCUT2D eigenvalue weighted by Crippen LogP contribution is 2.27. The number of nitrogens with one attached hydrogen (secondary N) is 3. The van der Waals surface area contributed by atoms with Crippen molar-refractivity contribution in [2.24, 2.45) is 0 Å². The molecule has 0 aliphatic carbocycles. The molecule has 3 N–H and O–H groups in total. The summed E-state index contributed by atoms with van der Waals surface area (Å²) in [4.78, 5) is 43.9. The second-order valence-corrected chi connectivity index (χ2v) is 12.2.